The van der Waals surface area contributed by atoms with E-state index in [2.05, 4.69) is 0 Å². The van der Waals surface area contributed by atoms with Gasteiger partial charge in [-0.15, -0.1) is 0 Å². The van der Waals surface area contributed by atoms with Gasteiger partial charge in [-0.2, -0.15) is 0 Å². The molecule has 1 atom stereocenters. The van der Waals surface area contributed by atoms with Gasteiger partial charge in [0.05, 0.1) is 12.6 Å². The van der Waals surface area contributed by atoms with Crippen LogP contribution in [0.25, 0.3) is 0 Å². The van der Waals surface area contributed by atoms with Crippen molar-refractivity contribution in [1.29, 1.82) is 0 Å². The number of nitrogens with zero attached hydrogens (tertiary/aromatic N) is 2. The molecule has 5 N–H and O–H groups in total. The maximum Gasteiger partial charge on any atom is 0.303 e. The van der Waals surface area contributed by atoms with E-state index in [1.165, 1.54) is 0 Å². The zero-order valence-electron chi connectivity index (χ0n) is 11.5. The number of amides is 2. The van der Waals surface area contributed by atoms with E-state index < -0.39 is 12.0 Å². The van der Waals surface area contributed by atoms with Gasteiger partial charge in [-0.3, -0.25) is 19.3 Å². The van der Waals surface area contributed by atoms with Crippen molar-refractivity contribution in [3.8, 4) is 0 Å². The number of carbonyl (C=O) groups excluding carboxylic acids is 2. The molecule has 1 saturated heterocycles. The van der Waals surface area contributed by atoms with Gasteiger partial charge in [-0.1, -0.05) is 0 Å². The SMILES string of the molecule is NC(=O)CN1CCCN(C(=O)C(N)CCC(=O)O)CC1. The lowest BCUT2D eigenvalue weighted by atomic mass is 10.1. The van der Waals surface area contributed by atoms with E-state index in [-0.39, 0.29) is 31.2 Å². The number of nitrogens with two attached hydrogens (primary N) is 2. The highest BCUT2D eigenvalue weighted by Crippen LogP contribution is 2.06. The van der Waals surface area contributed by atoms with Gasteiger partial charge in [-0.05, 0) is 12.8 Å². The van der Waals surface area contributed by atoms with Gasteiger partial charge in [0.15, 0.2) is 0 Å². The summed E-state index contributed by atoms with van der Waals surface area (Å²) in [6, 6.07) is -0.784. The first-order valence-electron chi connectivity index (χ1n) is 6.67. The van der Waals surface area contributed by atoms with Crippen LogP contribution in [-0.4, -0.2) is 71.5 Å². The summed E-state index contributed by atoms with van der Waals surface area (Å²) in [6.45, 7) is 2.51. The molecule has 1 aliphatic rings. The fraction of sp³-hybridized carbons (Fsp3) is 0.750. The van der Waals surface area contributed by atoms with E-state index >= 15 is 0 Å². The van der Waals surface area contributed by atoms with Crippen molar-refractivity contribution >= 4 is 17.8 Å². The number of carboxylic acids is 1. The molecule has 8 heteroatoms. The van der Waals surface area contributed by atoms with Crippen molar-refractivity contribution in [2.45, 2.75) is 25.3 Å². The van der Waals surface area contributed by atoms with Gasteiger partial charge in [-0.25, -0.2) is 0 Å². The first kappa shape index (κ1) is 16.4. The summed E-state index contributed by atoms with van der Waals surface area (Å²) in [5.41, 5.74) is 10.9. The van der Waals surface area contributed by atoms with E-state index in [9.17, 15) is 14.4 Å². The van der Waals surface area contributed by atoms with Gasteiger partial charge in [0.25, 0.3) is 0 Å². The second-order valence-corrected chi connectivity index (χ2v) is 4.96. The zero-order chi connectivity index (χ0) is 15.1. The first-order valence-corrected chi connectivity index (χ1v) is 6.67. The number of aliphatic carboxylic acids is 1. The molecule has 1 heterocycles. The molecule has 20 heavy (non-hydrogen) atoms. The third-order valence-electron chi connectivity index (χ3n) is 3.27. The fourth-order valence-electron chi connectivity index (χ4n) is 2.21. The van der Waals surface area contributed by atoms with Gasteiger partial charge >= 0.3 is 5.97 Å². The van der Waals surface area contributed by atoms with Crippen LogP contribution in [-0.2, 0) is 14.4 Å². The number of carboxylic acid groups (broad SMARTS) is 1. The molecule has 0 aromatic carbocycles. The van der Waals surface area contributed by atoms with Crippen molar-refractivity contribution in [2.24, 2.45) is 11.5 Å². The van der Waals surface area contributed by atoms with Gasteiger partial charge in [0.2, 0.25) is 11.8 Å². The Kier molecular flexibility index (Phi) is 6.40. The molecule has 0 radical (unpaired) electrons. The van der Waals surface area contributed by atoms with Crippen molar-refractivity contribution in [3.63, 3.8) is 0 Å². The molecule has 1 fully saturated rings. The van der Waals surface area contributed by atoms with E-state index in [0.29, 0.717) is 26.2 Å². The highest BCUT2D eigenvalue weighted by molar-refractivity contribution is 5.82. The third kappa shape index (κ3) is 5.54. The van der Waals surface area contributed by atoms with Crippen molar-refractivity contribution < 1.29 is 19.5 Å². The molecule has 1 rings (SSSR count). The maximum atomic E-state index is 12.1. The maximum absolute atomic E-state index is 12.1. The number of hydrogen-bond acceptors (Lipinski definition) is 5. The Hall–Kier alpha value is -1.67. The smallest absolute Gasteiger partial charge is 0.303 e. The number of hydrogen-bond donors (Lipinski definition) is 3. The molecule has 1 aliphatic heterocycles. The lowest BCUT2D eigenvalue weighted by Crippen LogP contribution is -2.45. The van der Waals surface area contributed by atoms with Gasteiger partial charge in [0.1, 0.15) is 0 Å². The summed E-state index contributed by atoms with van der Waals surface area (Å²) in [7, 11) is 0. The minimum absolute atomic E-state index is 0.117. The average Bonchev–Trinajstić information content (AvgIpc) is 2.60. The highest BCUT2D eigenvalue weighted by Gasteiger charge is 2.24. The lowest BCUT2D eigenvalue weighted by Gasteiger charge is -2.24. The second-order valence-electron chi connectivity index (χ2n) is 4.96. The molecule has 114 valence electrons. The fourth-order valence-corrected chi connectivity index (χ4v) is 2.21. The van der Waals surface area contributed by atoms with Crippen LogP contribution in [0.3, 0.4) is 0 Å². The lowest BCUT2D eigenvalue weighted by molar-refractivity contribution is -0.137. The Labute approximate surface area is 117 Å². The monoisotopic (exact) mass is 286 g/mol. The largest absolute Gasteiger partial charge is 0.481 e. The Morgan fingerprint density at radius 2 is 1.85 bits per heavy atom. The van der Waals surface area contributed by atoms with Crippen LogP contribution in [0.4, 0.5) is 0 Å². The molecule has 0 aromatic heterocycles. The van der Waals surface area contributed by atoms with E-state index in [1.54, 1.807) is 4.90 Å². The minimum Gasteiger partial charge on any atom is -0.481 e. The van der Waals surface area contributed by atoms with Gasteiger partial charge in [0, 0.05) is 32.6 Å². The molecule has 8 nitrogen and oxygen atoms in total. The number of carbonyl (C=O) groups is 3. The first-order chi connectivity index (χ1) is 9.40. The van der Waals surface area contributed by atoms with Crippen molar-refractivity contribution in [1.82, 2.24) is 9.80 Å². The van der Waals surface area contributed by atoms with Gasteiger partial charge < -0.3 is 21.5 Å². The summed E-state index contributed by atoms with van der Waals surface area (Å²) < 4.78 is 0. The van der Waals surface area contributed by atoms with Crippen LogP contribution in [0.15, 0.2) is 0 Å². The zero-order valence-corrected chi connectivity index (χ0v) is 11.5. The molecule has 0 saturated carbocycles. The Morgan fingerprint density at radius 3 is 2.45 bits per heavy atom. The Balaban J connectivity index is 2.45. The van der Waals surface area contributed by atoms with Crippen molar-refractivity contribution in [2.75, 3.05) is 32.7 Å². The molecule has 2 amide bonds. The van der Waals surface area contributed by atoms with Crippen LogP contribution in [0.1, 0.15) is 19.3 Å². The molecule has 1 unspecified atom stereocenters. The number of primary amides is 1. The van der Waals surface area contributed by atoms with Crippen LogP contribution in [0, 0.1) is 0 Å². The van der Waals surface area contributed by atoms with Crippen LogP contribution in [0.2, 0.25) is 0 Å². The topological polar surface area (TPSA) is 130 Å². The Morgan fingerprint density at radius 1 is 1.15 bits per heavy atom. The summed E-state index contributed by atoms with van der Waals surface area (Å²) >= 11 is 0. The normalized spacial score (nSPS) is 18.4. The van der Waals surface area contributed by atoms with Crippen molar-refractivity contribution in [3.05, 3.63) is 0 Å². The summed E-state index contributed by atoms with van der Waals surface area (Å²) in [6.07, 6.45) is 0.759. The predicted octanol–water partition coefficient (Wildman–Crippen LogP) is -1.80. The molecule has 0 aliphatic carbocycles. The predicted molar refractivity (Wildman–Crippen MR) is 71.7 cm³/mol. The summed E-state index contributed by atoms with van der Waals surface area (Å²) in [5, 5.41) is 8.59. The third-order valence-corrected chi connectivity index (χ3v) is 3.27. The average molecular weight is 286 g/mol. The molecular formula is C12H22N4O4. The molecule has 0 bridgehead atoms. The molecule has 0 aromatic rings. The van der Waals surface area contributed by atoms with E-state index in [4.69, 9.17) is 16.6 Å². The van der Waals surface area contributed by atoms with E-state index in [1.807, 2.05) is 4.90 Å². The summed E-state index contributed by atoms with van der Waals surface area (Å²) in [5.74, 6) is -1.58. The van der Waals surface area contributed by atoms with Crippen LogP contribution >= 0.6 is 0 Å². The highest BCUT2D eigenvalue weighted by atomic mass is 16.4. The second kappa shape index (κ2) is 7.81. The molecule has 0 spiro atoms. The minimum atomic E-state index is -0.961. The van der Waals surface area contributed by atoms with E-state index in [0.717, 1.165) is 6.42 Å². The standard InChI is InChI=1S/C12H22N4O4/c13-9(2-3-11(18)19)12(20)16-5-1-4-15(6-7-16)8-10(14)17/h9H,1-8,13H2,(H2,14,17)(H,18,19). The Bertz CT molecular complexity index is 374. The quantitative estimate of drug-likeness (QED) is 0.528. The summed E-state index contributed by atoms with van der Waals surface area (Å²) in [4.78, 5) is 37.0. The number of rotatable bonds is 6. The molecular weight excluding hydrogens is 264 g/mol. The van der Waals surface area contributed by atoms with Crippen LogP contribution < -0.4 is 11.5 Å². The van der Waals surface area contributed by atoms with Crippen LogP contribution in [0.5, 0.6) is 0 Å².